The van der Waals surface area contributed by atoms with E-state index < -0.39 is 0 Å². The van der Waals surface area contributed by atoms with E-state index >= 15 is 0 Å². The van der Waals surface area contributed by atoms with Gasteiger partial charge in [-0.25, -0.2) is 4.98 Å². The molecule has 0 bridgehead atoms. The number of amides is 1. The molecule has 198 valence electrons. The number of nitrogens with one attached hydrogen (secondary N) is 2. The lowest BCUT2D eigenvalue weighted by Crippen LogP contribution is -2.50. The van der Waals surface area contributed by atoms with Crippen molar-refractivity contribution in [2.45, 2.75) is 115 Å². The number of hydrogen-bond acceptors (Lipinski definition) is 6. The third-order valence-corrected chi connectivity index (χ3v) is 8.61. The Morgan fingerprint density at radius 1 is 1.17 bits per heavy atom. The van der Waals surface area contributed by atoms with Crippen LogP contribution in [0.25, 0.3) is 11.0 Å². The minimum Gasteiger partial charge on any atom is -0.393 e. The van der Waals surface area contributed by atoms with Crippen molar-refractivity contribution in [1.29, 1.82) is 0 Å². The quantitative estimate of drug-likeness (QED) is 0.527. The molecule has 3 fully saturated rings. The van der Waals surface area contributed by atoms with Gasteiger partial charge >= 0.3 is 0 Å². The maximum Gasteiger partial charge on any atom is 0.239 e. The smallest absolute Gasteiger partial charge is 0.239 e. The van der Waals surface area contributed by atoms with Gasteiger partial charge in [-0.1, -0.05) is 19.8 Å². The molecule has 2 aliphatic heterocycles. The van der Waals surface area contributed by atoms with Crippen LogP contribution in [0.1, 0.15) is 102 Å². The SMILES string of the molecule is CCC[C@H](C)Nc1ncc2c(C3CCN(C(=O)C4CCCCN4)CC3)cn(C3CCC(O)CC3)c2n1. The topological polar surface area (TPSA) is 95.3 Å². The summed E-state index contributed by atoms with van der Waals surface area (Å²) in [5.74, 6) is 1.40. The monoisotopic (exact) mass is 496 g/mol. The fraction of sp³-hybridized carbons (Fsp3) is 0.750. The summed E-state index contributed by atoms with van der Waals surface area (Å²) >= 11 is 0. The van der Waals surface area contributed by atoms with Crippen LogP contribution in [0.2, 0.25) is 0 Å². The normalized spacial score (nSPS) is 26.8. The van der Waals surface area contributed by atoms with Crippen LogP contribution in [0.5, 0.6) is 0 Å². The van der Waals surface area contributed by atoms with Crippen molar-refractivity contribution in [3.8, 4) is 0 Å². The van der Waals surface area contributed by atoms with Gasteiger partial charge in [0.2, 0.25) is 11.9 Å². The van der Waals surface area contributed by atoms with Crippen LogP contribution in [-0.2, 0) is 4.79 Å². The molecule has 3 N–H and O–H groups in total. The molecule has 36 heavy (non-hydrogen) atoms. The Hall–Kier alpha value is -2.19. The van der Waals surface area contributed by atoms with Gasteiger partial charge < -0.3 is 25.2 Å². The molecule has 8 nitrogen and oxygen atoms in total. The number of rotatable bonds is 7. The molecular weight excluding hydrogens is 452 g/mol. The van der Waals surface area contributed by atoms with E-state index in [4.69, 9.17) is 9.97 Å². The molecule has 1 saturated carbocycles. The minimum atomic E-state index is -0.176. The molecule has 2 atom stereocenters. The summed E-state index contributed by atoms with van der Waals surface area (Å²) in [4.78, 5) is 24.8. The van der Waals surface area contributed by atoms with Crippen molar-refractivity contribution in [2.24, 2.45) is 0 Å². The second kappa shape index (κ2) is 11.5. The molecule has 0 radical (unpaired) electrons. The first kappa shape index (κ1) is 25.5. The van der Waals surface area contributed by atoms with Gasteiger partial charge in [-0.15, -0.1) is 0 Å². The fourth-order valence-corrected chi connectivity index (χ4v) is 6.48. The van der Waals surface area contributed by atoms with E-state index in [1.165, 1.54) is 12.0 Å². The molecule has 2 aromatic rings. The van der Waals surface area contributed by atoms with E-state index in [1.807, 2.05) is 6.20 Å². The Morgan fingerprint density at radius 2 is 1.94 bits per heavy atom. The maximum atomic E-state index is 13.0. The molecule has 2 aromatic heterocycles. The van der Waals surface area contributed by atoms with Crippen molar-refractivity contribution >= 4 is 22.9 Å². The second-order valence-corrected chi connectivity index (χ2v) is 11.3. The van der Waals surface area contributed by atoms with Crippen LogP contribution in [-0.4, -0.2) is 68.3 Å². The lowest BCUT2D eigenvalue weighted by molar-refractivity contribution is -0.135. The first-order valence-electron chi connectivity index (χ1n) is 14.4. The number of aromatic nitrogens is 3. The Morgan fingerprint density at radius 3 is 2.64 bits per heavy atom. The van der Waals surface area contributed by atoms with Crippen molar-refractivity contribution in [2.75, 3.05) is 25.0 Å². The summed E-state index contributed by atoms with van der Waals surface area (Å²) in [5, 5.41) is 18.1. The highest BCUT2D eigenvalue weighted by Crippen LogP contribution is 2.38. The van der Waals surface area contributed by atoms with E-state index in [9.17, 15) is 9.90 Å². The number of aliphatic hydroxyl groups excluding tert-OH is 1. The zero-order valence-corrected chi connectivity index (χ0v) is 22.1. The maximum absolute atomic E-state index is 13.0. The molecule has 1 aliphatic carbocycles. The number of carbonyl (C=O) groups excluding carboxylic acids is 1. The lowest BCUT2D eigenvalue weighted by atomic mass is 9.89. The van der Waals surface area contributed by atoms with E-state index in [1.54, 1.807) is 0 Å². The fourth-order valence-electron chi connectivity index (χ4n) is 6.48. The van der Waals surface area contributed by atoms with Gasteiger partial charge in [-0.2, -0.15) is 4.98 Å². The summed E-state index contributed by atoms with van der Waals surface area (Å²) < 4.78 is 2.37. The van der Waals surface area contributed by atoms with Crippen LogP contribution in [0, 0.1) is 0 Å². The van der Waals surface area contributed by atoms with Gasteiger partial charge in [0, 0.05) is 43.0 Å². The van der Waals surface area contributed by atoms with Gasteiger partial charge in [0.15, 0.2) is 0 Å². The number of likely N-dealkylation sites (tertiary alicyclic amines) is 1. The summed E-state index contributed by atoms with van der Waals surface area (Å²) in [5.41, 5.74) is 2.34. The lowest BCUT2D eigenvalue weighted by Gasteiger charge is -2.35. The highest BCUT2D eigenvalue weighted by molar-refractivity contribution is 5.83. The molecule has 1 unspecified atom stereocenters. The molecule has 2 saturated heterocycles. The minimum absolute atomic E-state index is 0.00767. The molecule has 1 amide bonds. The molecule has 5 rings (SSSR count). The Bertz CT molecular complexity index is 1020. The highest BCUT2D eigenvalue weighted by atomic mass is 16.3. The Balaban J connectivity index is 1.36. The Labute approximate surface area is 215 Å². The van der Waals surface area contributed by atoms with Gasteiger partial charge in [0.1, 0.15) is 5.65 Å². The number of carbonyl (C=O) groups is 1. The average molecular weight is 497 g/mol. The van der Waals surface area contributed by atoms with E-state index in [2.05, 4.69) is 40.1 Å². The van der Waals surface area contributed by atoms with Crippen molar-refractivity contribution in [3.63, 3.8) is 0 Å². The number of aliphatic hydroxyl groups is 1. The van der Waals surface area contributed by atoms with Gasteiger partial charge in [0.05, 0.1) is 12.1 Å². The number of piperidine rings is 2. The molecule has 4 heterocycles. The molecular formula is C28H44N6O2. The summed E-state index contributed by atoms with van der Waals surface area (Å²) in [6.07, 6.45) is 15.3. The van der Waals surface area contributed by atoms with Crippen LogP contribution < -0.4 is 10.6 Å². The van der Waals surface area contributed by atoms with Gasteiger partial charge in [0.25, 0.3) is 0 Å². The third kappa shape index (κ3) is 5.54. The number of fused-ring (bicyclic) bond motifs is 1. The zero-order valence-electron chi connectivity index (χ0n) is 22.1. The van der Waals surface area contributed by atoms with Gasteiger partial charge in [-0.3, -0.25) is 4.79 Å². The predicted molar refractivity (Wildman–Crippen MR) is 143 cm³/mol. The number of hydrogen-bond donors (Lipinski definition) is 3. The average Bonchev–Trinajstić information content (AvgIpc) is 3.28. The zero-order chi connectivity index (χ0) is 25.1. The molecule has 0 spiro atoms. The van der Waals surface area contributed by atoms with Crippen molar-refractivity contribution in [3.05, 3.63) is 18.0 Å². The third-order valence-electron chi connectivity index (χ3n) is 8.61. The Kier molecular flexibility index (Phi) is 8.11. The molecule has 0 aromatic carbocycles. The molecule has 8 heteroatoms. The highest BCUT2D eigenvalue weighted by Gasteiger charge is 2.32. The largest absolute Gasteiger partial charge is 0.393 e. The van der Waals surface area contributed by atoms with Gasteiger partial charge in [-0.05, 0) is 82.7 Å². The standard InChI is InChI=1S/C28H44N6O2/c1-3-6-19(2)31-28-30-17-23-24(18-34(26(23)32-28)21-8-10-22(35)11-9-21)20-12-15-33(16-13-20)27(36)25-7-4-5-14-29-25/h17-22,25,29,35H,3-16H2,1-2H3,(H,30,31,32)/t19-,21?,22?,25?/m0/s1. The molecule has 3 aliphatic rings. The van der Waals surface area contributed by atoms with E-state index in [0.717, 1.165) is 94.9 Å². The van der Waals surface area contributed by atoms with Crippen LogP contribution in [0.3, 0.4) is 0 Å². The summed E-state index contributed by atoms with van der Waals surface area (Å²) in [7, 11) is 0. The van der Waals surface area contributed by atoms with Crippen LogP contribution in [0.15, 0.2) is 12.4 Å². The van der Waals surface area contributed by atoms with Crippen LogP contribution in [0.4, 0.5) is 5.95 Å². The number of anilines is 1. The van der Waals surface area contributed by atoms with Crippen LogP contribution >= 0.6 is 0 Å². The number of nitrogens with zero attached hydrogens (tertiary/aromatic N) is 4. The predicted octanol–water partition coefficient (Wildman–Crippen LogP) is 4.36. The summed E-state index contributed by atoms with van der Waals surface area (Å²) in [6, 6.07) is 0.702. The second-order valence-electron chi connectivity index (χ2n) is 11.3. The first-order chi connectivity index (χ1) is 17.5. The first-order valence-corrected chi connectivity index (χ1v) is 14.4. The van der Waals surface area contributed by atoms with E-state index in [-0.39, 0.29) is 18.1 Å². The van der Waals surface area contributed by atoms with E-state index in [0.29, 0.717) is 23.9 Å². The van der Waals surface area contributed by atoms with Crippen molar-refractivity contribution < 1.29 is 9.90 Å². The van der Waals surface area contributed by atoms with Crippen molar-refractivity contribution in [1.82, 2.24) is 24.8 Å². The summed E-state index contributed by atoms with van der Waals surface area (Å²) in [6.45, 7) is 6.97.